The SMILES string of the molecule is CC(=O)Nc1ccc(Nc2ccc(C(=O)Nc3ccc(C)cc3C)nn2)cc1. The monoisotopic (exact) mass is 375 g/mol. The van der Waals surface area contributed by atoms with Gasteiger partial charge in [0.05, 0.1) is 0 Å². The van der Waals surface area contributed by atoms with E-state index >= 15 is 0 Å². The molecule has 0 saturated heterocycles. The molecule has 0 radical (unpaired) electrons. The minimum atomic E-state index is -0.314. The average Bonchev–Trinajstić information content (AvgIpc) is 2.66. The zero-order valence-electron chi connectivity index (χ0n) is 15.9. The minimum Gasteiger partial charge on any atom is -0.339 e. The lowest BCUT2D eigenvalue weighted by Crippen LogP contribution is -2.15. The van der Waals surface area contributed by atoms with Crippen LogP contribution in [-0.2, 0) is 4.79 Å². The van der Waals surface area contributed by atoms with Gasteiger partial charge in [-0.3, -0.25) is 9.59 Å². The van der Waals surface area contributed by atoms with E-state index in [2.05, 4.69) is 26.1 Å². The molecule has 0 aliphatic heterocycles. The van der Waals surface area contributed by atoms with Crippen LogP contribution in [0, 0.1) is 13.8 Å². The van der Waals surface area contributed by atoms with Crippen LogP contribution in [-0.4, -0.2) is 22.0 Å². The first-order valence-corrected chi connectivity index (χ1v) is 8.78. The van der Waals surface area contributed by atoms with Gasteiger partial charge < -0.3 is 16.0 Å². The van der Waals surface area contributed by atoms with Crippen LogP contribution in [0.2, 0.25) is 0 Å². The molecule has 0 bridgehead atoms. The third-order valence-electron chi connectivity index (χ3n) is 4.00. The lowest BCUT2D eigenvalue weighted by Gasteiger charge is -2.09. The first-order chi connectivity index (χ1) is 13.4. The minimum absolute atomic E-state index is 0.124. The standard InChI is InChI=1S/C21H21N5O2/c1-13-4-9-18(14(2)12-13)24-21(28)19-10-11-20(26-25-19)23-17-7-5-16(6-8-17)22-15(3)27/h4-12H,1-3H3,(H,22,27)(H,23,26)(H,24,28). The summed E-state index contributed by atoms with van der Waals surface area (Å²) >= 11 is 0. The highest BCUT2D eigenvalue weighted by molar-refractivity contribution is 6.03. The number of anilines is 4. The predicted molar refractivity (Wildman–Crippen MR) is 110 cm³/mol. The van der Waals surface area contributed by atoms with Gasteiger partial charge in [-0.05, 0) is 61.9 Å². The Morgan fingerprint density at radius 1 is 0.821 bits per heavy atom. The molecule has 0 aliphatic rings. The number of nitrogens with one attached hydrogen (secondary N) is 3. The van der Waals surface area contributed by atoms with Gasteiger partial charge in [-0.15, -0.1) is 10.2 Å². The van der Waals surface area contributed by atoms with Gasteiger partial charge in [0.15, 0.2) is 11.5 Å². The second-order valence-electron chi connectivity index (χ2n) is 6.46. The zero-order valence-corrected chi connectivity index (χ0v) is 15.9. The molecule has 0 unspecified atom stereocenters. The Morgan fingerprint density at radius 2 is 1.54 bits per heavy atom. The molecular formula is C21H21N5O2. The molecule has 3 rings (SSSR count). The number of aromatic nitrogens is 2. The van der Waals surface area contributed by atoms with Crippen molar-refractivity contribution >= 4 is 34.7 Å². The van der Waals surface area contributed by atoms with Gasteiger partial charge in [-0.1, -0.05) is 17.7 Å². The van der Waals surface area contributed by atoms with Gasteiger partial charge in [0, 0.05) is 24.0 Å². The van der Waals surface area contributed by atoms with Crippen molar-refractivity contribution in [3.8, 4) is 0 Å². The molecule has 142 valence electrons. The van der Waals surface area contributed by atoms with E-state index in [1.807, 2.05) is 44.2 Å². The highest BCUT2D eigenvalue weighted by Crippen LogP contribution is 2.19. The average molecular weight is 375 g/mol. The third kappa shape index (κ3) is 4.91. The van der Waals surface area contributed by atoms with Gasteiger partial charge in [0.1, 0.15) is 0 Å². The number of carbonyl (C=O) groups is 2. The summed E-state index contributed by atoms with van der Waals surface area (Å²) in [4.78, 5) is 23.4. The van der Waals surface area contributed by atoms with Crippen LogP contribution in [0.3, 0.4) is 0 Å². The van der Waals surface area contributed by atoms with Crippen LogP contribution in [0.1, 0.15) is 28.5 Å². The molecule has 3 N–H and O–H groups in total. The van der Waals surface area contributed by atoms with Crippen molar-refractivity contribution in [3.63, 3.8) is 0 Å². The summed E-state index contributed by atoms with van der Waals surface area (Å²) in [5.74, 6) is 0.0716. The molecule has 2 amide bonds. The highest BCUT2D eigenvalue weighted by Gasteiger charge is 2.10. The van der Waals surface area contributed by atoms with Crippen molar-refractivity contribution < 1.29 is 9.59 Å². The van der Waals surface area contributed by atoms with E-state index in [0.717, 1.165) is 22.5 Å². The number of hydrogen-bond acceptors (Lipinski definition) is 5. The summed E-state index contributed by atoms with van der Waals surface area (Å²) in [5, 5.41) is 16.7. The highest BCUT2D eigenvalue weighted by atomic mass is 16.2. The maximum Gasteiger partial charge on any atom is 0.276 e. The number of amides is 2. The Balaban J connectivity index is 1.64. The fraction of sp³-hybridized carbons (Fsp3) is 0.143. The fourth-order valence-electron chi connectivity index (χ4n) is 2.65. The molecule has 0 aliphatic carbocycles. The van der Waals surface area contributed by atoms with Crippen molar-refractivity contribution in [3.05, 3.63) is 71.4 Å². The maximum atomic E-state index is 12.4. The van der Waals surface area contributed by atoms with Crippen molar-refractivity contribution in [2.45, 2.75) is 20.8 Å². The zero-order chi connectivity index (χ0) is 20.1. The lowest BCUT2D eigenvalue weighted by atomic mass is 10.1. The smallest absolute Gasteiger partial charge is 0.276 e. The molecule has 28 heavy (non-hydrogen) atoms. The quantitative estimate of drug-likeness (QED) is 0.625. The van der Waals surface area contributed by atoms with Crippen LogP contribution in [0.25, 0.3) is 0 Å². The van der Waals surface area contributed by atoms with E-state index in [0.29, 0.717) is 11.5 Å². The molecule has 3 aromatic rings. The molecule has 0 saturated carbocycles. The molecule has 0 fully saturated rings. The number of aryl methyl sites for hydroxylation is 2. The Bertz CT molecular complexity index is 998. The predicted octanol–water partition coefficient (Wildman–Crippen LogP) is 4.05. The summed E-state index contributed by atoms with van der Waals surface area (Å²) in [7, 11) is 0. The van der Waals surface area contributed by atoms with E-state index in [4.69, 9.17) is 0 Å². The number of carbonyl (C=O) groups excluding carboxylic acids is 2. The van der Waals surface area contributed by atoms with E-state index < -0.39 is 0 Å². The van der Waals surface area contributed by atoms with E-state index in [-0.39, 0.29) is 17.5 Å². The van der Waals surface area contributed by atoms with Crippen LogP contribution in [0.15, 0.2) is 54.6 Å². The summed E-state index contributed by atoms with van der Waals surface area (Å²) in [5.41, 5.74) is 4.60. The van der Waals surface area contributed by atoms with Crippen molar-refractivity contribution in [1.29, 1.82) is 0 Å². The number of nitrogens with zero attached hydrogens (tertiary/aromatic N) is 2. The normalized spacial score (nSPS) is 10.2. The summed E-state index contributed by atoms with van der Waals surface area (Å²) in [6, 6.07) is 16.3. The molecular weight excluding hydrogens is 354 g/mol. The fourth-order valence-corrected chi connectivity index (χ4v) is 2.65. The van der Waals surface area contributed by atoms with Gasteiger partial charge in [-0.25, -0.2) is 0 Å². The van der Waals surface area contributed by atoms with Gasteiger partial charge in [-0.2, -0.15) is 0 Å². The molecule has 7 nitrogen and oxygen atoms in total. The van der Waals surface area contributed by atoms with Gasteiger partial charge >= 0.3 is 0 Å². The molecule has 7 heteroatoms. The topological polar surface area (TPSA) is 96.0 Å². The molecule has 0 spiro atoms. The summed E-state index contributed by atoms with van der Waals surface area (Å²) in [6.07, 6.45) is 0. The van der Waals surface area contributed by atoms with Crippen molar-refractivity contribution in [1.82, 2.24) is 10.2 Å². The Labute approximate surface area is 163 Å². The Kier molecular flexibility index (Phi) is 5.64. The maximum absolute atomic E-state index is 12.4. The first-order valence-electron chi connectivity index (χ1n) is 8.78. The van der Waals surface area contributed by atoms with Crippen molar-refractivity contribution in [2.75, 3.05) is 16.0 Å². The van der Waals surface area contributed by atoms with E-state index in [1.165, 1.54) is 6.92 Å². The van der Waals surface area contributed by atoms with Crippen LogP contribution < -0.4 is 16.0 Å². The Morgan fingerprint density at radius 3 is 2.14 bits per heavy atom. The van der Waals surface area contributed by atoms with E-state index in [1.54, 1.807) is 24.3 Å². The third-order valence-corrected chi connectivity index (χ3v) is 4.00. The van der Waals surface area contributed by atoms with E-state index in [9.17, 15) is 9.59 Å². The Hall–Kier alpha value is -3.74. The number of rotatable bonds is 5. The summed E-state index contributed by atoms with van der Waals surface area (Å²) in [6.45, 7) is 5.40. The second kappa shape index (κ2) is 8.30. The van der Waals surface area contributed by atoms with Crippen molar-refractivity contribution in [2.24, 2.45) is 0 Å². The van der Waals surface area contributed by atoms with Crippen LogP contribution >= 0.6 is 0 Å². The molecule has 1 aromatic heterocycles. The van der Waals surface area contributed by atoms with Crippen LogP contribution in [0.5, 0.6) is 0 Å². The largest absolute Gasteiger partial charge is 0.339 e. The van der Waals surface area contributed by atoms with Gasteiger partial charge in [0.25, 0.3) is 5.91 Å². The molecule has 2 aromatic carbocycles. The van der Waals surface area contributed by atoms with Crippen LogP contribution in [0.4, 0.5) is 22.9 Å². The summed E-state index contributed by atoms with van der Waals surface area (Å²) < 4.78 is 0. The lowest BCUT2D eigenvalue weighted by molar-refractivity contribution is -0.114. The number of benzene rings is 2. The molecule has 0 atom stereocenters. The van der Waals surface area contributed by atoms with Gasteiger partial charge in [0.2, 0.25) is 5.91 Å². The second-order valence-corrected chi connectivity index (χ2v) is 6.46. The number of hydrogen-bond donors (Lipinski definition) is 3. The first kappa shape index (κ1) is 19.0. The molecule has 1 heterocycles.